The highest BCUT2D eigenvalue weighted by Gasteiger charge is 2.46. The van der Waals surface area contributed by atoms with Crippen molar-refractivity contribution < 1.29 is 8.42 Å². The molecule has 1 aromatic carbocycles. The molecule has 3 rings (SSSR count). The van der Waals surface area contributed by atoms with Gasteiger partial charge in [-0.05, 0) is 37.3 Å². The number of sulfone groups is 1. The average Bonchev–Trinajstić information content (AvgIpc) is 3.02. The molecule has 2 unspecified atom stereocenters. The molecule has 0 aliphatic carbocycles. The number of hydrogen-bond donors (Lipinski definition) is 1. The Hall–Kier alpha value is -0.560. The van der Waals surface area contributed by atoms with Crippen LogP contribution in [0, 0.1) is 0 Å². The number of fused-ring (bicyclic) bond motifs is 1. The summed E-state index contributed by atoms with van der Waals surface area (Å²) in [6.07, 6.45) is 1.73. The molecule has 116 valence electrons. The molecule has 0 radical (unpaired) electrons. The van der Waals surface area contributed by atoms with Crippen molar-refractivity contribution in [3.05, 3.63) is 29.8 Å². The van der Waals surface area contributed by atoms with Crippen LogP contribution in [0.1, 0.15) is 18.4 Å². The van der Waals surface area contributed by atoms with Crippen molar-refractivity contribution in [2.24, 2.45) is 5.73 Å². The van der Waals surface area contributed by atoms with Crippen molar-refractivity contribution in [1.82, 2.24) is 4.90 Å². The normalized spacial score (nSPS) is 31.3. The lowest BCUT2D eigenvalue weighted by Crippen LogP contribution is -2.56. The van der Waals surface area contributed by atoms with Crippen LogP contribution in [0.4, 0.5) is 0 Å². The highest BCUT2D eigenvalue weighted by molar-refractivity contribution is 7.99. The van der Waals surface area contributed by atoms with Gasteiger partial charge in [0.25, 0.3) is 0 Å². The molecule has 1 aromatic rings. The molecular formula is C15H22N2O2S2. The number of thioether (sulfide) groups is 1. The third kappa shape index (κ3) is 2.42. The maximum absolute atomic E-state index is 12.4. The van der Waals surface area contributed by atoms with Crippen molar-refractivity contribution in [2.45, 2.75) is 29.3 Å². The Bertz CT molecular complexity index is 626. The molecule has 2 heterocycles. The number of benzene rings is 1. The van der Waals surface area contributed by atoms with Gasteiger partial charge in [0, 0.05) is 18.3 Å². The van der Waals surface area contributed by atoms with Crippen molar-refractivity contribution in [3.63, 3.8) is 0 Å². The molecular weight excluding hydrogens is 304 g/mol. The fraction of sp³-hybridized carbons (Fsp3) is 0.600. The van der Waals surface area contributed by atoms with E-state index in [-0.39, 0.29) is 11.3 Å². The van der Waals surface area contributed by atoms with E-state index in [0.29, 0.717) is 23.9 Å². The van der Waals surface area contributed by atoms with Gasteiger partial charge in [-0.25, -0.2) is 8.42 Å². The van der Waals surface area contributed by atoms with E-state index in [1.54, 1.807) is 12.1 Å². The van der Waals surface area contributed by atoms with Gasteiger partial charge in [-0.1, -0.05) is 18.2 Å². The van der Waals surface area contributed by atoms with E-state index in [1.807, 2.05) is 23.9 Å². The second kappa shape index (κ2) is 5.57. The highest BCUT2D eigenvalue weighted by Crippen LogP contribution is 2.42. The Labute approximate surface area is 131 Å². The maximum Gasteiger partial charge on any atom is 0.178 e. The summed E-state index contributed by atoms with van der Waals surface area (Å²) < 4.78 is 24.7. The largest absolute Gasteiger partial charge is 0.328 e. The summed E-state index contributed by atoms with van der Waals surface area (Å²) in [5.41, 5.74) is 6.70. The summed E-state index contributed by atoms with van der Waals surface area (Å²) in [4.78, 5) is 2.82. The van der Waals surface area contributed by atoms with Crippen LogP contribution in [0.3, 0.4) is 0 Å². The van der Waals surface area contributed by atoms with Crippen LogP contribution < -0.4 is 5.73 Å². The monoisotopic (exact) mass is 326 g/mol. The molecule has 4 nitrogen and oxygen atoms in total. The van der Waals surface area contributed by atoms with Crippen LogP contribution >= 0.6 is 11.8 Å². The Balaban J connectivity index is 2.10. The molecule has 0 aromatic heterocycles. The molecule has 6 heteroatoms. The summed E-state index contributed by atoms with van der Waals surface area (Å²) in [5, 5.41) is 0. The molecule has 2 atom stereocenters. The van der Waals surface area contributed by atoms with Crippen LogP contribution in [0.5, 0.6) is 0 Å². The van der Waals surface area contributed by atoms with Gasteiger partial charge in [-0.3, -0.25) is 4.90 Å². The van der Waals surface area contributed by atoms with Crippen molar-refractivity contribution in [1.29, 1.82) is 0 Å². The molecule has 0 amide bonds. The molecule has 1 fully saturated rings. The second-order valence-corrected chi connectivity index (χ2v) is 9.16. The smallest absolute Gasteiger partial charge is 0.178 e. The number of rotatable bonds is 3. The topological polar surface area (TPSA) is 63.4 Å². The fourth-order valence-corrected chi connectivity index (χ4v) is 6.54. The molecule has 0 saturated carbocycles. The lowest BCUT2D eigenvalue weighted by molar-refractivity contribution is 0.0771. The van der Waals surface area contributed by atoms with Gasteiger partial charge in [0.05, 0.1) is 16.2 Å². The quantitative estimate of drug-likeness (QED) is 0.911. The highest BCUT2D eigenvalue weighted by atomic mass is 32.2. The first-order chi connectivity index (χ1) is 10.0. The summed E-state index contributed by atoms with van der Waals surface area (Å²) in [7, 11) is -1.06. The standard InChI is InChI=1S/C15H22N2O2S2/c1-17(12-6-8-20-10-12)15(11-16)7-9-21(18,19)14-5-3-2-4-13(14)15/h2-5,12H,6-11,16H2,1H3. The number of likely N-dealkylation sites (N-methyl/N-ethyl adjacent to an activating group) is 1. The molecule has 21 heavy (non-hydrogen) atoms. The number of nitrogens with two attached hydrogens (primary N) is 1. The molecule has 0 spiro atoms. The fourth-order valence-electron chi connectivity index (χ4n) is 3.57. The zero-order chi connectivity index (χ0) is 15.1. The lowest BCUT2D eigenvalue weighted by atomic mass is 9.84. The first-order valence-electron chi connectivity index (χ1n) is 7.34. The van der Waals surface area contributed by atoms with Crippen LogP contribution in [-0.4, -0.2) is 50.2 Å². The third-order valence-electron chi connectivity index (χ3n) is 4.97. The zero-order valence-corrected chi connectivity index (χ0v) is 13.9. The van der Waals surface area contributed by atoms with Crippen LogP contribution in [0.15, 0.2) is 29.2 Å². The Morgan fingerprint density at radius 1 is 1.43 bits per heavy atom. The maximum atomic E-state index is 12.4. The van der Waals surface area contributed by atoms with Crippen LogP contribution in [-0.2, 0) is 15.4 Å². The van der Waals surface area contributed by atoms with E-state index in [0.717, 1.165) is 17.7 Å². The molecule has 1 saturated heterocycles. The zero-order valence-electron chi connectivity index (χ0n) is 12.3. The minimum Gasteiger partial charge on any atom is -0.328 e. The van der Waals surface area contributed by atoms with Crippen molar-refractivity contribution in [2.75, 3.05) is 30.9 Å². The summed E-state index contributed by atoms with van der Waals surface area (Å²) in [6.45, 7) is 0.456. The minimum atomic E-state index is -3.17. The van der Waals surface area contributed by atoms with Crippen LogP contribution in [0.25, 0.3) is 0 Å². The average molecular weight is 326 g/mol. The third-order valence-corrected chi connectivity index (χ3v) is 7.89. The molecule has 2 N–H and O–H groups in total. The molecule has 0 bridgehead atoms. The van der Waals surface area contributed by atoms with Crippen molar-refractivity contribution in [3.8, 4) is 0 Å². The van der Waals surface area contributed by atoms with Gasteiger partial charge >= 0.3 is 0 Å². The van der Waals surface area contributed by atoms with Gasteiger partial charge < -0.3 is 5.73 Å². The SMILES string of the molecule is CN(C1CCSC1)C1(CN)CCS(=O)(=O)c2ccccc21. The van der Waals surface area contributed by atoms with Gasteiger partial charge in [-0.15, -0.1) is 0 Å². The Kier molecular flexibility index (Phi) is 4.07. The van der Waals surface area contributed by atoms with Gasteiger partial charge in [0.2, 0.25) is 0 Å². The minimum absolute atomic E-state index is 0.186. The van der Waals surface area contributed by atoms with Gasteiger partial charge in [-0.2, -0.15) is 11.8 Å². The van der Waals surface area contributed by atoms with Crippen LogP contribution in [0.2, 0.25) is 0 Å². The Morgan fingerprint density at radius 3 is 2.86 bits per heavy atom. The summed E-state index contributed by atoms with van der Waals surface area (Å²) in [6, 6.07) is 7.87. The van der Waals surface area contributed by atoms with Gasteiger partial charge in [0.1, 0.15) is 0 Å². The molecule has 2 aliphatic heterocycles. The van der Waals surface area contributed by atoms with Gasteiger partial charge in [0.15, 0.2) is 9.84 Å². The van der Waals surface area contributed by atoms with E-state index >= 15 is 0 Å². The van der Waals surface area contributed by atoms with E-state index in [4.69, 9.17) is 5.73 Å². The Morgan fingerprint density at radius 2 is 2.19 bits per heavy atom. The van der Waals surface area contributed by atoms with E-state index < -0.39 is 9.84 Å². The van der Waals surface area contributed by atoms with Crippen molar-refractivity contribution >= 4 is 21.6 Å². The second-order valence-electron chi connectivity index (χ2n) is 5.93. The van der Waals surface area contributed by atoms with E-state index in [1.165, 1.54) is 5.75 Å². The number of hydrogen-bond acceptors (Lipinski definition) is 5. The van der Waals surface area contributed by atoms with E-state index in [2.05, 4.69) is 11.9 Å². The van der Waals surface area contributed by atoms with E-state index in [9.17, 15) is 8.42 Å². The summed E-state index contributed by atoms with van der Waals surface area (Å²) >= 11 is 1.96. The lowest BCUT2D eigenvalue weighted by Gasteiger charge is -2.47. The predicted molar refractivity (Wildman–Crippen MR) is 87.3 cm³/mol. The first-order valence-corrected chi connectivity index (χ1v) is 10.1. The predicted octanol–water partition coefficient (Wildman–Crippen LogP) is 1.46. The first kappa shape index (κ1) is 15.3. The molecule has 2 aliphatic rings. The number of nitrogens with zero attached hydrogens (tertiary/aromatic N) is 1. The summed E-state index contributed by atoms with van der Waals surface area (Å²) in [5.74, 6) is 2.47.